The summed E-state index contributed by atoms with van der Waals surface area (Å²) < 4.78 is 16.7. The van der Waals surface area contributed by atoms with Crippen LogP contribution in [0.15, 0.2) is 67.0 Å². The standard InChI is InChI=1S/C26H28N2O5/c1-31-22-10-11-24(25(15-22)33-23-9-8-21(29)14-23)28(17-18-5-4-12-27-16-18)20-7-3-6-19(13-20)26(30)32-2/h3-7,10-13,15-16,21,23,29H,8-9,14,17H2,1-2H3. The van der Waals surface area contributed by atoms with Crippen molar-refractivity contribution < 1.29 is 24.1 Å². The highest BCUT2D eigenvalue weighted by Gasteiger charge is 2.26. The lowest BCUT2D eigenvalue weighted by atomic mass is 10.1. The molecule has 1 N–H and O–H groups in total. The van der Waals surface area contributed by atoms with Crippen LogP contribution >= 0.6 is 0 Å². The smallest absolute Gasteiger partial charge is 0.337 e. The molecule has 0 aliphatic heterocycles. The van der Waals surface area contributed by atoms with Crippen molar-refractivity contribution in [3.8, 4) is 11.5 Å². The highest BCUT2D eigenvalue weighted by Crippen LogP contribution is 2.40. The Morgan fingerprint density at radius 1 is 1.12 bits per heavy atom. The number of hydrogen-bond donors (Lipinski definition) is 1. The maximum atomic E-state index is 12.2. The zero-order chi connectivity index (χ0) is 23.2. The van der Waals surface area contributed by atoms with Crippen molar-refractivity contribution in [2.24, 2.45) is 0 Å². The second-order valence-corrected chi connectivity index (χ2v) is 8.03. The molecule has 4 rings (SSSR count). The summed E-state index contributed by atoms with van der Waals surface area (Å²) in [5.41, 5.74) is 3.09. The molecule has 0 amide bonds. The predicted octanol–water partition coefficient (Wildman–Crippen LogP) is 4.51. The summed E-state index contributed by atoms with van der Waals surface area (Å²) in [6.07, 6.45) is 5.24. The Balaban J connectivity index is 1.77. The number of ether oxygens (including phenoxy) is 3. The van der Waals surface area contributed by atoms with Crippen molar-refractivity contribution >= 4 is 17.3 Å². The number of methoxy groups -OCH3 is 2. The molecule has 2 aromatic carbocycles. The van der Waals surface area contributed by atoms with E-state index in [0.717, 1.165) is 29.8 Å². The van der Waals surface area contributed by atoms with E-state index in [0.29, 0.717) is 30.0 Å². The summed E-state index contributed by atoms with van der Waals surface area (Å²) in [5.74, 6) is 0.932. The molecule has 1 aliphatic rings. The fourth-order valence-corrected chi connectivity index (χ4v) is 4.05. The predicted molar refractivity (Wildman–Crippen MR) is 125 cm³/mol. The quantitative estimate of drug-likeness (QED) is 0.508. The lowest BCUT2D eigenvalue weighted by Gasteiger charge is -2.29. The van der Waals surface area contributed by atoms with E-state index in [9.17, 15) is 9.90 Å². The molecule has 0 saturated heterocycles. The van der Waals surface area contributed by atoms with E-state index < -0.39 is 5.97 Å². The minimum absolute atomic E-state index is 0.0764. The number of anilines is 2. The molecule has 7 nitrogen and oxygen atoms in total. The number of esters is 1. The van der Waals surface area contributed by atoms with Gasteiger partial charge in [0.15, 0.2) is 0 Å². The molecule has 33 heavy (non-hydrogen) atoms. The maximum Gasteiger partial charge on any atom is 0.337 e. The Kier molecular flexibility index (Phi) is 7.10. The van der Waals surface area contributed by atoms with E-state index in [-0.39, 0.29) is 12.2 Å². The van der Waals surface area contributed by atoms with Crippen LogP contribution in [0.5, 0.6) is 11.5 Å². The first-order valence-corrected chi connectivity index (χ1v) is 10.9. The zero-order valence-corrected chi connectivity index (χ0v) is 18.8. The number of aliphatic hydroxyl groups is 1. The van der Waals surface area contributed by atoms with Gasteiger partial charge in [0.05, 0.1) is 31.6 Å². The van der Waals surface area contributed by atoms with Gasteiger partial charge in [-0.3, -0.25) is 4.98 Å². The molecule has 1 aromatic heterocycles. The summed E-state index contributed by atoms with van der Waals surface area (Å²) in [6, 6.07) is 16.9. The molecule has 0 radical (unpaired) electrons. The summed E-state index contributed by atoms with van der Waals surface area (Å²) in [4.78, 5) is 18.5. The second-order valence-electron chi connectivity index (χ2n) is 8.03. The number of carbonyl (C=O) groups is 1. The average Bonchev–Trinajstić information content (AvgIpc) is 3.27. The molecule has 3 aromatic rings. The Hall–Kier alpha value is -3.58. The van der Waals surface area contributed by atoms with E-state index in [1.807, 2.05) is 48.7 Å². The Labute approximate surface area is 193 Å². The zero-order valence-electron chi connectivity index (χ0n) is 18.8. The molecule has 1 aliphatic carbocycles. The van der Waals surface area contributed by atoms with Crippen LogP contribution in [0.4, 0.5) is 11.4 Å². The van der Waals surface area contributed by atoms with Gasteiger partial charge in [-0.15, -0.1) is 0 Å². The fourth-order valence-electron chi connectivity index (χ4n) is 4.05. The number of rotatable bonds is 8. The minimum Gasteiger partial charge on any atom is -0.497 e. The minimum atomic E-state index is -0.399. The van der Waals surface area contributed by atoms with Gasteiger partial charge in [0, 0.05) is 37.1 Å². The molecular formula is C26H28N2O5. The van der Waals surface area contributed by atoms with Crippen LogP contribution in [-0.2, 0) is 11.3 Å². The number of pyridine rings is 1. The summed E-state index contributed by atoms with van der Waals surface area (Å²) >= 11 is 0. The fraction of sp³-hybridized carbons (Fsp3) is 0.308. The summed E-state index contributed by atoms with van der Waals surface area (Å²) in [5, 5.41) is 9.97. The molecular weight excluding hydrogens is 420 g/mol. The van der Waals surface area contributed by atoms with Gasteiger partial charge < -0.3 is 24.2 Å². The molecule has 2 unspecified atom stereocenters. The van der Waals surface area contributed by atoms with Crippen LogP contribution in [0, 0.1) is 0 Å². The second kappa shape index (κ2) is 10.4. The molecule has 2 atom stereocenters. The monoisotopic (exact) mass is 448 g/mol. The Morgan fingerprint density at radius 2 is 2.00 bits per heavy atom. The lowest BCUT2D eigenvalue weighted by Crippen LogP contribution is -2.20. The highest BCUT2D eigenvalue weighted by atomic mass is 16.5. The van der Waals surface area contributed by atoms with Crippen molar-refractivity contribution in [1.82, 2.24) is 4.98 Å². The molecule has 7 heteroatoms. The van der Waals surface area contributed by atoms with Gasteiger partial charge in [-0.2, -0.15) is 0 Å². The van der Waals surface area contributed by atoms with Crippen molar-refractivity contribution in [3.63, 3.8) is 0 Å². The van der Waals surface area contributed by atoms with Crippen LogP contribution in [0.1, 0.15) is 35.2 Å². The first-order chi connectivity index (χ1) is 16.1. The van der Waals surface area contributed by atoms with Gasteiger partial charge in [-0.25, -0.2) is 4.79 Å². The van der Waals surface area contributed by atoms with Crippen LogP contribution in [0.2, 0.25) is 0 Å². The van der Waals surface area contributed by atoms with E-state index in [4.69, 9.17) is 14.2 Å². The first-order valence-electron chi connectivity index (χ1n) is 10.9. The SMILES string of the molecule is COC(=O)c1cccc(N(Cc2cccnc2)c2ccc(OC)cc2OC2CCC(O)C2)c1. The van der Waals surface area contributed by atoms with Gasteiger partial charge in [0.25, 0.3) is 0 Å². The molecule has 172 valence electrons. The maximum absolute atomic E-state index is 12.2. The van der Waals surface area contributed by atoms with Crippen molar-refractivity contribution in [2.45, 2.75) is 38.0 Å². The highest BCUT2D eigenvalue weighted by molar-refractivity contribution is 5.91. The number of carbonyl (C=O) groups excluding carboxylic acids is 1. The van der Waals surface area contributed by atoms with Crippen molar-refractivity contribution in [3.05, 3.63) is 78.1 Å². The van der Waals surface area contributed by atoms with Gasteiger partial charge in [-0.05, 0) is 54.8 Å². The molecule has 0 spiro atoms. The largest absolute Gasteiger partial charge is 0.497 e. The van der Waals surface area contributed by atoms with Gasteiger partial charge in [-0.1, -0.05) is 12.1 Å². The number of aliphatic hydroxyl groups excluding tert-OH is 1. The number of nitrogens with zero attached hydrogens (tertiary/aromatic N) is 2. The average molecular weight is 449 g/mol. The van der Waals surface area contributed by atoms with Crippen molar-refractivity contribution in [1.29, 1.82) is 0 Å². The van der Waals surface area contributed by atoms with E-state index in [1.54, 1.807) is 25.4 Å². The van der Waals surface area contributed by atoms with Crippen molar-refractivity contribution in [2.75, 3.05) is 19.1 Å². The van der Waals surface area contributed by atoms with E-state index in [2.05, 4.69) is 9.88 Å². The molecule has 1 fully saturated rings. The third-order valence-corrected chi connectivity index (χ3v) is 5.75. The van der Waals surface area contributed by atoms with Gasteiger partial charge in [0.2, 0.25) is 0 Å². The first kappa shape index (κ1) is 22.6. The van der Waals surface area contributed by atoms with Crippen LogP contribution in [-0.4, -0.2) is 42.5 Å². The Bertz CT molecular complexity index is 1090. The normalized spacial score (nSPS) is 17.4. The van der Waals surface area contributed by atoms with Crippen LogP contribution < -0.4 is 14.4 Å². The molecule has 1 heterocycles. The summed E-state index contributed by atoms with van der Waals surface area (Å²) in [6.45, 7) is 0.508. The van der Waals surface area contributed by atoms with Gasteiger partial charge >= 0.3 is 5.97 Å². The number of benzene rings is 2. The van der Waals surface area contributed by atoms with Crippen LogP contribution in [0.25, 0.3) is 0 Å². The Morgan fingerprint density at radius 3 is 2.70 bits per heavy atom. The molecule has 0 bridgehead atoms. The van der Waals surface area contributed by atoms with Crippen LogP contribution in [0.3, 0.4) is 0 Å². The summed E-state index contributed by atoms with van der Waals surface area (Å²) in [7, 11) is 2.99. The number of aromatic nitrogens is 1. The van der Waals surface area contributed by atoms with Gasteiger partial charge in [0.1, 0.15) is 17.6 Å². The van der Waals surface area contributed by atoms with E-state index >= 15 is 0 Å². The topological polar surface area (TPSA) is 81.1 Å². The van der Waals surface area contributed by atoms with E-state index in [1.165, 1.54) is 7.11 Å². The number of hydrogen-bond acceptors (Lipinski definition) is 7. The third kappa shape index (κ3) is 5.43. The third-order valence-electron chi connectivity index (χ3n) is 5.75. The molecule has 1 saturated carbocycles. The lowest BCUT2D eigenvalue weighted by molar-refractivity contribution is 0.0600.